The van der Waals surface area contributed by atoms with E-state index < -0.39 is 5.60 Å². The van der Waals surface area contributed by atoms with E-state index in [-0.39, 0.29) is 12.0 Å². The van der Waals surface area contributed by atoms with E-state index in [2.05, 4.69) is 26.7 Å². The zero-order valence-electron chi connectivity index (χ0n) is 25.5. The van der Waals surface area contributed by atoms with Crippen molar-refractivity contribution in [3.05, 3.63) is 42.2 Å². The summed E-state index contributed by atoms with van der Waals surface area (Å²) >= 11 is 0. The normalized spacial score (nSPS) is 18.1. The van der Waals surface area contributed by atoms with Gasteiger partial charge in [0.25, 0.3) is 5.91 Å². The zero-order chi connectivity index (χ0) is 30.0. The maximum Gasteiger partial charge on any atom is 0.410 e. The van der Waals surface area contributed by atoms with Crippen molar-refractivity contribution in [1.82, 2.24) is 19.8 Å². The monoisotopic (exact) mass is 577 g/mol. The van der Waals surface area contributed by atoms with Crippen molar-refractivity contribution >= 4 is 35.1 Å². The minimum Gasteiger partial charge on any atom is -0.495 e. The number of hydrogen-bond acceptors (Lipinski definition) is 9. The number of benzene rings is 1. The molecule has 42 heavy (non-hydrogen) atoms. The van der Waals surface area contributed by atoms with Gasteiger partial charge in [0.2, 0.25) is 5.95 Å². The van der Waals surface area contributed by atoms with Gasteiger partial charge < -0.3 is 34.4 Å². The van der Waals surface area contributed by atoms with E-state index in [0.29, 0.717) is 55.2 Å². The highest BCUT2D eigenvalue weighted by Crippen LogP contribution is 2.38. The largest absolute Gasteiger partial charge is 0.495 e. The van der Waals surface area contributed by atoms with E-state index in [9.17, 15) is 9.59 Å². The highest BCUT2D eigenvalue weighted by molar-refractivity contribution is 5.95. The molecule has 1 saturated heterocycles. The minimum atomic E-state index is -0.555. The Bertz CT molecular complexity index is 1330. The van der Waals surface area contributed by atoms with Gasteiger partial charge in [0, 0.05) is 63.5 Å². The molecular weight excluding hydrogens is 534 g/mol. The van der Waals surface area contributed by atoms with Crippen LogP contribution in [0.25, 0.3) is 0 Å². The molecule has 0 atom stereocenters. The number of piperazine rings is 1. The Balaban J connectivity index is 1.30. The van der Waals surface area contributed by atoms with Crippen molar-refractivity contribution in [3.8, 4) is 5.75 Å². The molecule has 3 aliphatic rings. The predicted molar refractivity (Wildman–Crippen MR) is 164 cm³/mol. The van der Waals surface area contributed by atoms with Gasteiger partial charge in [0.1, 0.15) is 17.0 Å². The Hall–Kier alpha value is -4.02. The minimum absolute atomic E-state index is 0.111. The number of methoxy groups -OCH3 is 1. The summed E-state index contributed by atoms with van der Waals surface area (Å²) in [5.41, 5.74) is 2.63. The van der Waals surface area contributed by atoms with Gasteiger partial charge in [-0.25, -0.2) is 9.78 Å². The Morgan fingerprint density at radius 2 is 1.74 bits per heavy atom. The van der Waals surface area contributed by atoms with Crippen LogP contribution < -0.4 is 19.9 Å². The molecule has 0 spiro atoms. The molecule has 1 aliphatic carbocycles. The number of fused-ring (bicyclic) bond motifs is 1. The number of rotatable bonds is 5. The molecular formula is C31H43N7O4. The standard InChI is InChI=1S/C31H43N7O4/c1-21-13-14-38(23-9-7-8-10-23)27-25(35(21)5)20-32-29(34-27)33-24-12-11-22(19-26(24)41-6)28(39)36-15-17-37(18-16-36)30(40)42-31(2,3)4/h11-12,19-20,23H,1,7-10,13-18H2,2-6H3,(H,32,33,34). The highest BCUT2D eigenvalue weighted by atomic mass is 16.6. The van der Waals surface area contributed by atoms with E-state index in [4.69, 9.17) is 14.5 Å². The van der Waals surface area contributed by atoms with Gasteiger partial charge in [-0.05, 0) is 51.8 Å². The third-order valence-corrected chi connectivity index (χ3v) is 8.18. The van der Waals surface area contributed by atoms with Crippen LogP contribution in [-0.2, 0) is 4.74 Å². The summed E-state index contributed by atoms with van der Waals surface area (Å²) in [6.07, 6.45) is 7.20. The van der Waals surface area contributed by atoms with Crippen LogP contribution >= 0.6 is 0 Å². The first kappa shape index (κ1) is 29.5. The lowest BCUT2D eigenvalue weighted by Crippen LogP contribution is -2.51. The van der Waals surface area contributed by atoms with Crippen LogP contribution in [0.1, 0.15) is 63.2 Å². The average Bonchev–Trinajstić information content (AvgIpc) is 3.47. The van der Waals surface area contributed by atoms with E-state index in [0.717, 1.165) is 30.2 Å². The van der Waals surface area contributed by atoms with Gasteiger partial charge in [-0.2, -0.15) is 4.98 Å². The van der Waals surface area contributed by atoms with Crippen molar-refractivity contribution in [3.63, 3.8) is 0 Å². The third-order valence-electron chi connectivity index (χ3n) is 8.18. The lowest BCUT2D eigenvalue weighted by Gasteiger charge is -2.35. The van der Waals surface area contributed by atoms with Crippen molar-refractivity contribution < 1.29 is 19.1 Å². The number of nitrogens with one attached hydrogen (secondary N) is 1. The fourth-order valence-electron chi connectivity index (χ4n) is 5.79. The van der Waals surface area contributed by atoms with Crippen LogP contribution in [0.4, 0.5) is 27.9 Å². The lowest BCUT2D eigenvalue weighted by molar-refractivity contribution is 0.0141. The van der Waals surface area contributed by atoms with Gasteiger partial charge in [-0.15, -0.1) is 0 Å². The Labute approximate surface area is 248 Å². The molecule has 1 aromatic carbocycles. The molecule has 1 N–H and O–H groups in total. The number of ether oxygens (including phenoxy) is 2. The van der Waals surface area contributed by atoms with Crippen LogP contribution in [-0.4, -0.2) is 90.3 Å². The molecule has 1 aromatic heterocycles. The van der Waals surface area contributed by atoms with Crippen molar-refractivity contribution in [2.45, 2.75) is 64.5 Å². The SMILES string of the molecule is C=C1CCN(C2CCCC2)c2nc(Nc3ccc(C(=O)N4CCN(C(=O)OC(C)(C)C)CC4)cc3OC)ncc2N1C. The number of carbonyl (C=O) groups excluding carboxylic acids is 2. The Morgan fingerprint density at radius 1 is 1.05 bits per heavy atom. The summed E-state index contributed by atoms with van der Waals surface area (Å²) < 4.78 is 11.1. The number of anilines is 4. The number of amides is 2. The highest BCUT2D eigenvalue weighted by Gasteiger charge is 2.31. The third kappa shape index (κ3) is 6.39. The van der Waals surface area contributed by atoms with Crippen LogP contribution in [0.15, 0.2) is 36.7 Å². The molecule has 2 fully saturated rings. The molecule has 0 bridgehead atoms. The summed E-state index contributed by atoms with van der Waals surface area (Å²) in [6.45, 7) is 12.4. The molecule has 2 aliphatic heterocycles. The summed E-state index contributed by atoms with van der Waals surface area (Å²) in [4.78, 5) is 43.2. The summed E-state index contributed by atoms with van der Waals surface area (Å²) in [6, 6.07) is 5.80. The van der Waals surface area contributed by atoms with E-state index >= 15 is 0 Å². The molecule has 226 valence electrons. The fourth-order valence-corrected chi connectivity index (χ4v) is 5.79. The molecule has 2 amide bonds. The molecule has 5 rings (SSSR count). The van der Waals surface area contributed by atoms with Crippen molar-refractivity contribution in [2.24, 2.45) is 0 Å². The predicted octanol–water partition coefficient (Wildman–Crippen LogP) is 5.02. The number of nitrogens with zero attached hydrogens (tertiary/aromatic N) is 6. The smallest absolute Gasteiger partial charge is 0.410 e. The second-order valence-corrected chi connectivity index (χ2v) is 12.2. The van der Waals surface area contributed by atoms with E-state index in [1.54, 1.807) is 29.0 Å². The van der Waals surface area contributed by atoms with Gasteiger partial charge in [-0.3, -0.25) is 4.79 Å². The second kappa shape index (κ2) is 12.1. The zero-order valence-corrected chi connectivity index (χ0v) is 25.5. The topological polar surface area (TPSA) is 103 Å². The van der Waals surface area contributed by atoms with Gasteiger partial charge >= 0.3 is 6.09 Å². The molecule has 11 nitrogen and oxygen atoms in total. The number of aromatic nitrogens is 2. The fraction of sp³-hybridized carbons (Fsp3) is 0.548. The van der Waals surface area contributed by atoms with Gasteiger partial charge in [0.15, 0.2) is 5.82 Å². The summed E-state index contributed by atoms with van der Waals surface area (Å²) in [5.74, 6) is 1.79. The summed E-state index contributed by atoms with van der Waals surface area (Å²) in [5, 5.41) is 3.32. The van der Waals surface area contributed by atoms with Crippen LogP contribution in [0.3, 0.4) is 0 Å². The maximum absolute atomic E-state index is 13.3. The first-order chi connectivity index (χ1) is 20.0. The lowest BCUT2D eigenvalue weighted by atomic mass is 10.1. The second-order valence-electron chi connectivity index (χ2n) is 12.2. The molecule has 0 radical (unpaired) electrons. The number of carbonyl (C=O) groups is 2. The maximum atomic E-state index is 13.3. The Morgan fingerprint density at radius 3 is 2.40 bits per heavy atom. The molecule has 3 heterocycles. The number of hydrogen-bond donors (Lipinski definition) is 1. The quantitative estimate of drug-likeness (QED) is 0.524. The summed E-state index contributed by atoms with van der Waals surface area (Å²) in [7, 11) is 3.60. The van der Waals surface area contributed by atoms with Crippen molar-refractivity contribution in [1.29, 1.82) is 0 Å². The molecule has 2 aromatic rings. The van der Waals surface area contributed by atoms with Crippen molar-refractivity contribution in [2.75, 3.05) is 62.0 Å². The first-order valence-corrected chi connectivity index (χ1v) is 14.8. The molecule has 11 heteroatoms. The van der Waals surface area contributed by atoms with Crippen LogP contribution in [0.5, 0.6) is 5.75 Å². The van der Waals surface area contributed by atoms with E-state index in [1.807, 2.05) is 40.1 Å². The van der Waals surface area contributed by atoms with Crippen LogP contribution in [0, 0.1) is 0 Å². The first-order valence-electron chi connectivity index (χ1n) is 14.8. The molecule has 1 saturated carbocycles. The van der Waals surface area contributed by atoms with Gasteiger partial charge in [0.05, 0.1) is 19.0 Å². The van der Waals surface area contributed by atoms with E-state index in [1.165, 1.54) is 25.7 Å². The van der Waals surface area contributed by atoms with Crippen LogP contribution in [0.2, 0.25) is 0 Å². The van der Waals surface area contributed by atoms with Gasteiger partial charge in [-0.1, -0.05) is 19.4 Å². The average molecular weight is 578 g/mol. The Kier molecular flexibility index (Phi) is 8.47. The molecule has 0 unspecified atom stereocenters.